The molecule has 1 aliphatic heterocycles. The molecule has 0 radical (unpaired) electrons. The molecule has 4 rings (SSSR count). The van der Waals surface area contributed by atoms with Crippen molar-refractivity contribution in [2.75, 3.05) is 11.9 Å². The number of benzene rings is 2. The summed E-state index contributed by atoms with van der Waals surface area (Å²) < 4.78 is 33.8. The normalized spacial score (nSPS) is 18.7. The summed E-state index contributed by atoms with van der Waals surface area (Å²) in [6, 6.07) is 11.9. The van der Waals surface area contributed by atoms with Gasteiger partial charge in [-0.2, -0.15) is 0 Å². The van der Waals surface area contributed by atoms with Gasteiger partial charge in [-0.25, -0.2) is 22.8 Å². The van der Waals surface area contributed by atoms with Gasteiger partial charge < -0.3 is 4.90 Å². The zero-order valence-corrected chi connectivity index (χ0v) is 17.5. The molecule has 3 amide bonds. The SMILES string of the molecule is CN1C(=O)N(c2c(F)cc(C#Cc3ccccc3)cc2F)C(=O)C[C@@]1(C)c1ccns1. The molecular weight excluding hydrogens is 420 g/mol. The number of nitrogens with zero attached hydrogens (tertiary/aromatic N) is 3. The summed E-state index contributed by atoms with van der Waals surface area (Å²) in [4.78, 5) is 28.4. The Morgan fingerprint density at radius 1 is 1.03 bits per heavy atom. The Labute approximate surface area is 182 Å². The molecule has 0 saturated carbocycles. The molecule has 1 aromatic heterocycles. The number of halogens is 2. The number of amides is 3. The molecule has 1 atom stereocenters. The standard InChI is InChI=1S/C23H17F2N3O2S/c1-23(19-10-11-26-31-19)14-20(29)28(22(30)27(23)2)21-17(24)12-16(13-18(21)25)9-8-15-6-4-3-5-7-15/h3-7,10-13H,14H2,1-2H3/t23-/m0/s1. The van der Waals surface area contributed by atoms with E-state index in [1.54, 1.807) is 43.5 Å². The van der Waals surface area contributed by atoms with Crippen LogP contribution in [0.25, 0.3) is 0 Å². The van der Waals surface area contributed by atoms with Gasteiger partial charge in [-0.1, -0.05) is 30.0 Å². The predicted molar refractivity (Wildman–Crippen MR) is 114 cm³/mol. The fourth-order valence-electron chi connectivity index (χ4n) is 3.44. The third kappa shape index (κ3) is 3.68. The number of aromatic nitrogens is 1. The van der Waals surface area contributed by atoms with Crippen LogP contribution in [0.4, 0.5) is 19.3 Å². The summed E-state index contributed by atoms with van der Waals surface area (Å²) in [7, 11) is 1.50. The van der Waals surface area contributed by atoms with Gasteiger partial charge in [-0.05, 0) is 48.8 Å². The van der Waals surface area contributed by atoms with Crippen LogP contribution in [-0.4, -0.2) is 28.3 Å². The zero-order valence-electron chi connectivity index (χ0n) is 16.7. The van der Waals surface area contributed by atoms with Crippen molar-refractivity contribution in [3.8, 4) is 11.8 Å². The van der Waals surface area contributed by atoms with Gasteiger partial charge in [0.05, 0.1) is 16.8 Å². The maximum Gasteiger partial charge on any atom is 0.332 e. The molecule has 8 heteroatoms. The lowest BCUT2D eigenvalue weighted by atomic mass is 9.91. The zero-order chi connectivity index (χ0) is 22.2. The smallest absolute Gasteiger partial charge is 0.316 e. The first-order chi connectivity index (χ1) is 14.8. The van der Waals surface area contributed by atoms with Crippen molar-refractivity contribution in [3.05, 3.63) is 82.4 Å². The van der Waals surface area contributed by atoms with Crippen molar-refractivity contribution in [2.24, 2.45) is 0 Å². The molecule has 1 aliphatic rings. The Bertz CT molecular complexity index is 1200. The summed E-state index contributed by atoms with van der Waals surface area (Å²) in [5.74, 6) is 2.76. The Morgan fingerprint density at radius 3 is 2.29 bits per heavy atom. The van der Waals surface area contributed by atoms with Crippen molar-refractivity contribution in [1.82, 2.24) is 9.27 Å². The van der Waals surface area contributed by atoms with Crippen molar-refractivity contribution in [3.63, 3.8) is 0 Å². The van der Waals surface area contributed by atoms with Crippen molar-refractivity contribution < 1.29 is 18.4 Å². The molecule has 0 aliphatic carbocycles. The van der Waals surface area contributed by atoms with Gasteiger partial charge in [0.15, 0.2) is 11.6 Å². The van der Waals surface area contributed by atoms with Crippen LogP contribution in [0.5, 0.6) is 0 Å². The second-order valence-corrected chi connectivity index (χ2v) is 8.14. The number of rotatable bonds is 2. The van der Waals surface area contributed by atoms with Crippen LogP contribution < -0.4 is 4.90 Å². The van der Waals surface area contributed by atoms with E-state index in [1.807, 2.05) is 6.07 Å². The first kappa shape index (κ1) is 20.7. The van der Waals surface area contributed by atoms with E-state index in [0.29, 0.717) is 15.3 Å². The van der Waals surface area contributed by atoms with E-state index in [4.69, 9.17) is 0 Å². The molecule has 1 fully saturated rings. The minimum atomic E-state index is -1.03. The maximum atomic E-state index is 14.9. The third-order valence-electron chi connectivity index (χ3n) is 5.30. The Morgan fingerprint density at radius 2 is 1.68 bits per heavy atom. The van der Waals surface area contributed by atoms with Gasteiger partial charge >= 0.3 is 6.03 Å². The second-order valence-electron chi connectivity index (χ2n) is 7.30. The fraction of sp³-hybridized carbons (Fsp3) is 0.174. The molecule has 5 nitrogen and oxygen atoms in total. The fourth-order valence-corrected chi connectivity index (χ4v) is 4.21. The number of hydrogen-bond acceptors (Lipinski definition) is 4. The summed E-state index contributed by atoms with van der Waals surface area (Å²) in [5.41, 5.74) is -0.849. The Balaban J connectivity index is 1.68. The lowest BCUT2D eigenvalue weighted by Gasteiger charge is -2.44. The lowest BCUT2D eigenvalue weighted by Crippen LogP contribution is -2.60. The van der Waals surface area contributed by atoms with Crippen LogP contribution in [0.3, 0.4) is 0 Å². The molecular formula is C23H17F2N3O2S. The van der Waals surface area contributed by atoms with E-state index >= 15 is 0 Å². The highest BCUT2D eigenvalue weighted by atomic mass is 32.1. The van der Waals surface area contributed by atoms with E-state index in [1.165, 1.54) is 23.5 Å². The van der Waals surface area contributed by atoms with Crippen LogP contribution in [0.15, 0.2) is 54.7 Å². The molecule has 0 spiro atoms. The van der Waals surface area contributed by atoms with Crippen LogP contribution in [0.2, 0.25) is 0 Å². The summed E-state index contributed by atoms with van der Waals surface area (Å²) >= 11 is 1.17. The average Bonchev–Trinajstić information content (AvgIpc) is 3.29. The minimum absolute atomic E-state index is 0.0994. The summed E-state index contributed by atoms with van der Waals surface area (Å²) in [5, 5.41) is 0. The van der Waals surface area contributed by atoms with Crippen LogP contribution in [0.1, 0.15) is 29.3 Å². The number of anilines is 1. The van der Waals surface area contributed by atoms with Crippen LogP contribution >= 0.6 is 11.5 Å². The number of carbonyl (C=O) groups is 2. The second kappa shape index (κ2) is 7.93. The van der Waals surface area contributed by atoms with Gasteiger partial charge in [-0.15, -0.1) is 0 Å². The highest BCUT2D eigenvalue weighted by Gasteiger charge is 2.48. The summed E-state index contributed by atoms with van der Waals surface area (Å²) in [6.07, 6.45) is 1.45. The van der Waals surface area contributed by atoms with Crippen LogP contribution in [-0.2, 0) is 10.3 Å². The predicted octanol–water partition coefficient (Wildman–Crippen LogP) is 4.53. The highest BCUT2D eigenvalue weighted by Crippen LogP contribution is 2.40. The molecule has 0 bridgehead atoms. The van der Waals surface area contributed by atoms with E-state index in [9.17, 15) is 18.4 Å². The summed E-state index contributed by atoms with van der Waals surface area (Å²) in [6.45, 7) is 1.72. The molecule has 2 aromatic carbocycles. The molecule has 1 saturated heterocycles. The third-order valence-corrected chi connectivity index (χ3v) is 6.30. The molecule has 0 unspecified atom stereocenters. The highest BCUT2D eigenvalue weighted by molar-refractivity contribution is 7.05. The molecule has 0 N–H and O–H groups in total. The molecule has 31 heavy (non-hydrogen) atoms. The number of imide groups is 1. The molecule has 3 aromatic rings. The Hall–Kier alpha value is -3.57. The van der Waals surface area contributed by atoms with Crippen molar-refractivity contribution >= 4 is 29.2 Å². The topological polar surface area (TPSA) is 53.5 Å². The van der Waals surface area contributed by atoms with Gasteiger partial charge in [0.2, 0.25) is 5.91 Å². The van der Waals surface area contributed by atoms with Gasteiger partial charge in [-0.3, -0.25) is 4.79 Å². The van der Waals surface area contributed by atoms with Gasteiger partial charge in [0, 0.05) is 24.4 Å². The number of urea groups is 1. The van der Waals surface area contributed by atoms with Gasteiger partial charge in [0.25, 0.3) is 0 Å². The van der Waals surface area contributed by atoms with E-state index in [0.717, 1.165) is 12.1 Å². The van der Waals surface area contributed by atoms with E-state index < -0.39 is 34.8 Å². The van der Waals surface area contributed by atoms with E-state index in [2.05, 4.69) is 16.2 Å². The molecule has 2 heterocycles. The number of carbonyl (C=O) groups excluding carboxylic acids is 2. The van der Waals surface area contributed by atoms with Crippen molar-refractivity contribution in [2.45, 2.75) is 18.9 Å². The van der Waals surface area contributed by atoms with Crippen LogP contribution in [0, 0.1) is 23.5 Å². The quantitative estimate of drug-likeness (QED) is 0.554. The minimum Gasteiger partial charge on any atom is -0.316 e. The van der Waals surface area contributed by atoms with Gasteiger partial charge in [0.1, 0.15) is 5.69 Å². The Kier molecular flexibility index (Phi) is 5.29. The number of hydrogen-bond donors (Lipinski definition) is 0. The average molecular weight is 437 g/mol. The molecule has 156 valence electrons. The first-order valence-electron chi connectivity index (χ1n) is 9.39. The monoisotopic (exact) mass is 437 g/mol. The van der Waals surface area contributed by atoms with Crippen molar-refractivity contribution in [1.29, 1.82) is 0 Å². The maximum absolute atomic E-state index is 14.9. The first-order valence-corrected chi connectivity index (χ1v) is 10.2. The lowest BCUT2D eigenvalue weighted by molar-refractivity contribution is -0.122. The largest absolute Gasteiger partial charge is 0.332 e. The van der Waals surface area contributed by atoms with E-state index in [-0.39, 0.29) is 12.0 Å².